The lowest BCUT2D eigenvalue weighted by molar-refractivity contribution is 0.0547. The number of rotatable bonds is 12. The molecule has 1 heterocycles. The quantitative estimate of drug-likeness (QED) is 0.372. The zero-order chi connectivity index (χ0) is 18.5. The van der Waals surface area contributed by atoms with Gasteiger partial charge in [-0.1, -0.05) is 25.7 Å². The fraction of sp³-hybridized carbons (Fsp3) is 0.824. The molecule has 9 heteroatoms. The molecule has 2 rings (SSSR count). The summed E-state index contributed by atoms with van der Waals surface area (Å²) in [5, 5.41) is 6.57. The van der Waals surface area contributed by atoms with Crippen LogP contribution in [0.25, 0.3) is 0 Å². The Bertz CT molecular complexity index is 497. The van der Waals surface area contributed by atoms with Gasteiger partial charge in [-0.25, -0.2) is 0 Å². The van der Waals surface area contributed by atoms with Crippen LogP contribution in [0.5, 0.6) is 6.01 Å². The number of hydrogen-bond acceptors (Lipinski definition) is 9. The van der Waals surface area contributed by atoms with Gasteiger partial charge in [-0.15, -0.1) is 0 Å². The number of methoxy groups -OCH3 is 1. The second kappa shape index (κ2) is 12.6. The van der Waals surface area contributed by atoms with Crippen molar-refractivity contribution in [2.24, 2.45) is 5.73 Å². The van der Waals surface area contributed by atoms with Gasteiger partial charge in [-0.3, -0.25) is 0 Å². The number of nitrogens with two attached hydrogens (primary N) is 1. The van der Waals surface area contributed by atoms with Crippen LogP contribution in [0.1, 0.15) is 38.5 Å². The third-order valence-corrected chi connectivity index (χ3v) is 4.15. The van der Waals surface area contributed by atoms with Gasteiger partial charge < -0.3 is 30.6 Å². The van der Waals surface area contributed by atoms with Crippen molar-refractivity contribution in [3.8, 4) is 6.01 Å². The van der Waals surface area contributed by atoms with Crippen molar-refractivity contribution in [3.63, 3.8) is 0 Å². The first-order valence-electron chi connectivity index (χ1n) is 9.48. The Morgan fingerprint density at radius 1 is 0.923 bits per heavy atom. The van der Waals surface area contributed by atoms with E-state index in [1.807, 2.05) is 0 Å². The number of anilines is 2. The monoisotopic (exact) mass is 368 g/mol. The van der Waals surface area contributed by atoms with E-state index in [9.17, 15) is 0 Å². The Hall–Kier alpha value is -1.71. The summed E-state index contributed by atoms with van der Waals surface area (Å²) in [6, 6.07) is 0.712. The van der Waals surface area contributed by atoms with Gasteiger partial charge in [0.15, 0.2) is 0 Å². The predicted molar refractivity (Wildman–Crippen MR) is 101 cm³/mol. The smallest absolute Gasteiger partial charge is 0.322 e. The molecule has 0 aromatic carbocycles. The molecular formula is C17H32N6O3. The first-order valence-corrected chi connectivity index (χ1v) is 9.48. The molecule has 0 aliphatic heterocycles. The van der Waals surface area contributed by atoms with E-state index in [1.165, 1.54) is 25.7 Å². The Morgan fingerprint density at radius 2 is 1.62 bits per heavy atom. The van der Waals surface area contributed by atoms with E-state index in [0.717, 1.165) is 12.8 Å². The van der Waals surface area contributed by atoms with Gasteiger partial charge in [0.2, 0.25) is 11.9 Å². The zero-order valence-electron chi connectivity index (χ0n) is 15.7. The molecule has 0 spiro atoms. The standard InChI is InChI=1S/C17H32N6O3/c1-24-17-22-15(19-9-11-26-13-12-25-10-8-18)21-16(23-17)20-14-6-4-2-3-5-7-14/h14H,2-13,18H2,1H3,(H2,19,20,21,22,23). The van der Waals surface area contributed by atoms with Crippen LogP contribution < -0.4 is 21.1 Å². The van der Waals surface area contributed by atoms with Crippen molar-refractivity contribution >= 4 is 11.9 Å². The fourth-order valence-corrected chi connectivity index (χ4v) is 2.84. The van der Waals surface area contributed by atoms with E-state index in [0.29, 0.717) is 63.5 Å². The molecule has 0 bridgehead atoms. The summed E-state index contributed by atoms with van der Waals surface area (Å²) in [4.78, 5) is 13.0. The Balaban J connectivity index is 1.76. The number of hydrogen-bond donors (Lipinski definition) is 3. The average molecular weight is 368 g/mol. The second-order valence-electron chi connectivity index (χ2n) is 6.24. The van der Waals surface area contributed by atoms with Crippen LogP contribution in [0.3, 0.4) is 0 Å². The summed E-state index contributed by atoms with van der Waals surface area (Å²) in [7, 11) is 1.55. The van der Waals surface area contributed by atoms with Gasteiger partial charge in [-0.2, -0.15) is 15.0 Å². The maximum absolute atomic E-state index is 5.48. The van der Waals surface area contributed by atoms with Crippen molar-refractivity contribution in [1.82, 2.24) is 15.0 Å². The fourth-order valence-electron chi connectivity index (χ4n) is 2.84. The van der Waals surface area contributed by atoms with Crippen molar-refractivity contribution in [3.05, 3.63) is 0 Å². The molecule has 1 fully saturated rings. The molecule has 1 aliphatic carbocycles. The van der Waals surface area contributed by atoms with E-state index in [1.54, 1.807) is 7.11 Å². The Morgan fingerprint density at radius 3 is 2.31 bits per heavy atom. The summed E-state index contributed by atoms with van der Waals surface area (Å²) in [5.41, 5.74) is 5.35. The summed E-state index contributed by atoms with van der Waals surface area (Å²) in [5.74, 6) is 1.04. The molecule has 1 saturated carbocycles. The topological polar surface area (TPSA) is 116 Å². The highest BCUT2D eigenvalue weighted by Crippen LogP contribution is 2.20. The molecule has 0 radical (unpaired) electrons. The van der Waals surface area contributed by atoms with Crippen molar-refractivity contribution in [2.45, 2.75) is 44.6 Å². The third-order valence-electron chi connectivity index (χ3n) is 4.15. The van der Waals surface area contributed by atoms with Gasteiger partial charge in [0.1, 0.15) is 0 Å². The Labute approximate surface area is 155 Å². The first-order chi connectivity index (χ1) is 12.8. The lowest BCUT2D eigenvalue weighted by Gasteiger charge is -2.17. The molecule has 0 atom stereocenters. The van der Waals surface area contributed by atoms with Crippen molar-refractivity contribution in [1.29, 1.82) is 0 Å². The third kappa shape index (κ3) is 8.11. The summed E-state index contributed by atoms with van der Waals surface area (Å²) in [6.45, 7) is 3.30. The van der Waals surface area contributed by atoms with E-state index in [-0.39, 0.29) is 0 Å². The highest BCUT2D eigenvalue weighted by molar-refractivity contribution is 5.36. The van der Waals surface area contributed by atoms with E-state index < -0.39 is 0 Å². The van der Waals surface area contributed by atoms with Crippen molar-refractivity contribution < 1.29 is 14.2 Å². The number of ether oxygens (including phenoxy) is 3. The van der Waals surface area contributed by atoms with Crippen LogP contribution in [0.4, 0.5) is 11.9 Å². The highest BCUT2D eigenvalue weighted by Gasteiger charge is 2.15. The molecular weight excluding hydrogens is 336 g/mol. The maximum Gasteiger partial charge on any atom is 0.322 e. The number of nitrogens with one attached hydrogen (secondary N) is 2. The minimum absolute atomic E-state index is 0.301. The highest BCUT2D eigenvalue weighted by atomic mass is 16.5. The molecule has 0 saturated heterocycles. The molecule has 26 heavy (non-hydrogen) atoms. The molecule has 0 amide bonds. The van der Waals surface area contributed by atoms with Crippen LogP contribution in [0.15, 0.2) is 0 Å². The predicted octanol–water partition coefficient (Wildman–Crippen LogP) is 1.42. The lowest BCUT2D eigenvalue weighted by Crippen LogP contribution is -2.21. The molecule has 1 aromatic rings. The molecule has 1 aliphatic rings. The minimum Gasteiger partial charge on any atom is -0.467 e. The SMILES string of the molecule is COc1nc(NCCOCCOCCN)nc(NC2CCCCCC2)n1. The lowest BCUT2D eigenvalue weighted by atomic mass is 10.1. The van der Waals surface area contributed by atoms with Crippen LogP contribution in [-0.2, 0) is 9.47 Å². The van der Waals surface area contributed by atoms with Crippen LogP contribution in [-0.4, -0.2) is 67.6 Å². The van der Waals surface area contributed by atoms with Crippen molar-refractivity contribution in [2.75, 3.05) is 57.3 Å². The first kappa shape index (κ1) is 20.6. The van der Waals surface area contributed by atoms with Gasteiger partial charge >= 0.3 is 6.01 Å². The van der Waals surface area contributed by atoms with Gasteiger partial charge in [0, 0.05) is 19.1 Å². The van der Waals surface area contributed by atoms with E-state index in [2.05, 4.69) is 25.6 Å². The van der Waals surface area contributed by atoms with E-state index >= 15 is 0 Å². The largest absolute Gasteiger partial charge is 0.467 e. The second-order valence-corrected chi connectivity index (χ2v) is 6.24. The number of nitrogens with zero attached hydrogens (tertiary/aromatic N) is 3. The molecule has 0 unspecified atom stereocenters. The van der Waals surface area contributed by atoms with Gasteiger partial charge in [-0.05, 0) is 12.8 Å². The number of aromatic nitrogens is 3. The minimum atomic E-state index is 0.301. The summed E-state index contributed by atoms with van der Waals surface area (Å²) in [6.07, 6.45) is 7.41. The van der Waals surface area contributed by atoms with Crippen LogP contribution in [0, 0.1) is 0 Å². The average Bonchev–Trinajstić information content (AvgIpc) is 2.92. The molecule has 1 aromatic heterocycles. The van der Waals surface area contributed by atoms with Gasteiger partial charge in [0.25, 0.3) is 0 Å². The van der Waals surface area contributed by atoms with Crippen LogP contribution in [0.2, 0.25) is 0 Å². The molecule has 148 valence electrons. The van der Waals surface area contributed by atoms with E-state index in [4.69, 9.17) is 19.9 Å². The molecule has 9 nitrogen and oxygen atoms in total. The summed E-state index contributed by atoms with van der Waals surface area (Å²) < 4.78 is 15.9. The normalized spacial score (nSPS) is 15.5. The van der Waals surface area contributed by atoms with Crippen LogP contribution >= 0.6 is 0 Å². The zero-order valence-corrected chi connectivity index (χ0v) is 15.7. The summed E-state index contributed by atoms with van der Waals surface area (Å²) >= 11 is 0. The Kier molecular flexibility index (Phi) is 9.99. The maximum atomic E-state index is 5.48. The van der Waals surface area contributed by atoms with Gasteiger partial charge in [0.05, 0.1) is 33.5 Å². The molecule has 4 N–H and O–H groups in total.